The van der Waals surface area contributed by atoms with Gasteiger partial charge in [-0.05, 0) is 135 Å². The van der Waals surface area contributed by atoms with Gasteiger partial charge < -0.3 is 22.9 Å². The van der Waals surface area contributed by atoms with E-state index in [1.165, 1.54) is 72.5 Å². The van der Waals surface area contributed by atoms with E-state index in [9.17, 15) is 105 Å². The van der Waals surface area contributed by atoms with Crippen molar-refractivity contribution in [3.8, 4) is 0 Å². The molecule has 6 aliphatic rings. The van der Waals surface area contributed by atoms with Gasteiger partial charge in [0.1, 0.15) is 6.15 Å². The van der Waals surface area contributed by atoms with Crippen LogP contribution in [0.2, 0.25) is 0 Å². The van der Waals surface area contributed by atoms with Crippen molar-refractivity contribution in [3.63, 3.8) is 0 Å². The van der Waals surface area contributed by atoms with Gasteiger partial charge in [0.25, 0.3) is 0 Å². The minimum Gasteiger partial charge on any atom is -0.453 e. The Hall–Kier alpha value is -1.96. The first kappa shape index (κ1) is 90.7. The van der Waals surface area contributed by atoms with Crippen molar-refractivity contribution in [2.24, 2.45) is 0 Å². The molecule has 2 radical (unpaired) electrons. The number of rotatable bonds is 10. The third-order valence-corrected chi connectivity index (χ3v) is 28.6. The SMILES string of the molecule is C1CCC(P(C2CCCCC2)C2CCCCC2)CC1.C1CCC(P(C2CCCCC2)C2CCCCC2)CC1.ClCCl.Cl[B-]Cl.FC(F)(F)c1cc([B-](c2cc(C(F)(F)F)cc(C(F)(F)F)c2)(c2cc(C(F)(F)F)cc(C(F)(F)F)c2)c2cc(C(F)(F)F)cc(C(F)(F)F)c2)cc(C(F)(F)F)c1.[Pt+2]. The molecule has 0 nitrogen and oxygen atoms in total. The Morgan fingerprint density at radius 3 is 0.461 bits per heavy atom. The average Bonchev–Trinajstić information content (AvgIpc) is 0.707. The zero-order valence-corrected chi connectivity index (χ0v) is 62.3. The summed E-state index contributed by atoms with van der Waals surface area (Å²) in [7, 11) is 0.770. The van der Waals surface area contributed by atoms with Crippen molar-refractivity contribution < 1.29 is 126 Å². The summed E-state index contributed by atoms with van der Waals surface area (Å²) in [5.74, 6) is 0. The summed E-state index contributed by atoms with van der Waals surface area (Å²) in [5.41, 5.74) is -23.1. The summed E-state index contributed by atoms with van der Waals surface area (Å²) in [4.78, 5) is 0. The third kappa shape index (κ3) is 25.6. The van der Waals surface area contributed by atoms with Crippen LogP contribution < -0.4 is 21.9 Å². The molecule has 33 heteroatoms. The molecule has 0 bridgehead atoms. The monoisotopic (exact) mass is 1780 g/mol. The normalized spacial score (nSPS) is 19.1. The summed E-state index contributed by atoms with van der Waals surface area (Å²) in [6.45, 7) is 0. The largest absolute Gasteiger partial charge is 2.00 e. The first-order valence-electron chi connectivity index (χ1n) is 34.0. The number of hydrogen-bond donors (Lipinski definition) is 0. The number of alkyl halides is 26. The Kier molecular flexibility index (Phi) is 34.7. The Morgan fingerprint density at radius 1 is 0.255 bits per heavy atom. The predicted octanol–water partition coefficient (Wildman–Crippen LogP) is 26.6. The van der Waals surface area contributed by atoms with Gasteiger partial charge >= 0.3 is 70.5 Å². The van der Waals surface area contributed by atoms with E-state index in [1.54, 1.807) is 154 Å². The molecular formula is C69H80B2Cl4F24P2Pt. The van der Waals surface area contributed by atoms with E-state index in [1.807, 2.05) is 0 Å². The quantitative estimate of drug-likeness (QED) is 0.0642. The summed E-state index contributed by atoms with van der Waals surface area (Å²) in [6.07, 6.45) is -6.62. The molecular weight excluding hydrogens is 1710 g/mol. The molecule has 10 rings (SSSR count). The first-order valence-corrected chi connectivity index (χ1v) is 39.1. The average molecular weight is 1790 g/mol. The zero-order chi connectivity index (χ0) is 75.2. The van der Waals surface area contributed by atoms with Crippen molar-refractivity contribution in [2.75, 3.05) is 5.34 Å². The minimum absolute atomic E-state index is 0. The molecule has 0 heterocycles. The topological polar surface area (TPSA) is 0 Å². The van der Waals surface area contributed by atoms with Crippen LogP contribution in [0.5, 0.6) is 0 Å². The number of halogens is 28. The molecule has 0 unspecified atom stereocenters. The van der Waals surface area contributed by atoms with Crippen LogP contribution >= 0.6 is 62.0 Å². The Labute approximate surface area is 617 Å². The molecule has 0 saturated heterocycles. The van der Waals surface area contributed by atoms with Crippen molar-refractivity contribution >= 4 is 96.1 Å². The molecule has 0 aromatic heterocycles. The molecule has 0 atom stereocenters. The van der Waals surface area contributed by atoms with E-state index in [2.05, 4.69) is 22.9 Å². The van der Waals surface area contributed by atoms with Gasteiger partial charge in [-0.1, -0.05) is 186 Å². The van der Waals surface area contributed by atoms with Gasteiger partial charge in [0.05, 0.1) is 49.8 Å². The van der Waals surface area contributed by atoms with Gasteiger partial charge in [0, 0.05) is 0 Å². The van der Waals surface area contributed by atoms with Crippen LogP contribution in [0, 0.1) is 0 Å². The molecule has 0 N–H and O–H groups in total. The standard InChI is InChI=1S/C32H12BF24.2C18H33P.CH2Cl2.BCl2.Pt/c34-25(35,36)13-1-14(26(37,38)39)6-21(5-13)33(22-7-15(27(40,41)42)2-16(8-22)28(43,44)45,23-9-17(29(46,47)48)3-18(10-23)30(49,50)51)24-11-19(31(52,53)54)4-20(12-24)32(55,56)57;2*1-4-10-16(11-5-1)19(17-12-6-2-7-13-17)18-14-8-3-9-15-18;2*2-1-3;/h1-12H;2*16-18H,1-15H2;1H2;;/q-1;;;;-1;+2. The first-order chi connectivity index (χ1) is 47.0. The van der Waals surface area contributed by atoms with Gasteiger partial charge in [-0.25, -0.2) is 0 Å². The Morgan fingerprint density at radius 2 is 0.363 bits per heavy atom. The van der Waals surface area contributed by atoms with Crippen molar-refractivity contribution in [2.45, 2.75) is 276 Å². The molecule has 6 saturated carbocycles. The van der Waals surface area contributed by atoms with Gasteiger partial charge in [0.15, 0.2) is 0 Å². The van der Waals surface area contributed by atoms with Gasteiger partial charge in [-0.15, -0.1) is 23.2 Å². The van der Waals surface area contributed by atoms with Crippen LogP contribution in [0.1, 0.15) is 237 Å². The minimum atomic E-state index is -6.13. The number of benzene rings is 4. The van der Waals surface area contributed by atoms with Gasteiger partial charge in [-0.3, -0.25) is 0 Å². The van der Waals surface area contributed by atoms with Gasteiger partial charge in [0.2, 0.25) is 0 Å². The van der Waals surface area contributed by atoms with E-state index in [0.717, 1.165) is 6.11 Å². The second-order valence-electron chi connectivity index (χ2n) is 27.1. The molecule has 6 fully saturated rings. The summed E-state index contributed by atoms with van der Waals surface area (Å²) in [5, 5.41) is 0.194. The van der Waals surface area contributed by atoms with Crippen LogP contribution in [-0.2, 0) is 70.5 Å². The van der Waals surface area contributed by atoms with Crippen LogP contribution in [0.3, 0.4) is 0 Å². The molecule has 578 valence electrons. The fourth-order valence-corrected chi connectivity index (χ4v) is 25.5. The maximum Gasteiger partial charge on any atom is 2.00 e. The van der Waals surface area contributed by atoms with E-state index in [0.29, 0.717) is 15.8 Å². The fourth-order valence-electron chi connectivity index (χ4n) is 16.1. The second kappa shape index (κ2) is 39.1. The van der Waals surface area contributed by atoms with Crippen LogP contribution in [-0.4, -0.2) is 51.5 Å². The van der Waals surface area contributed by atoms with E-state index in [-0.39, 0.29) is 26.4 Å². The third-order valence-electron chi connectivity index (χ3n) is 20.4. The molecule has 102 heavy (non-hydrogen) atoms. The fraction of sp³-hybridized carbons (Fsp3) is 0.652. The Bertz CT molecular complexity index is 2600. The van der Waals surface area contributed by atoms with Crippen molar-refractivity contribution in [1.29, 1.82) is 0 Å². The Balaban J connectivity index is 0.000000332. The van der Waals surface area contributed by atoms with Crippen LogP contribution in [0.4, 0.5) is 105 Å². The molecule has 4 aromatic carbocycles. The van der Waals surface area contributed by atoms with E-state index in [4.69, 9.17) is 23.2 Å². The molecule has 0 amide bonds. The predicted molar refractivity (Wildman–Crippen MR) is 359 cm³/mol. The van der Waals surface area contributed by atoms with E-state index >= 15 is 0 Å². The van der Waals surface area contributed by atoms with Gasteiger partial charge in [-0.2, -0.15) is 127 Å². The van der Waals surface area contributed by atoms with E-state index < -0.39 is 195 Å². The maximum absolute atomic E-state index is 14.2. The maximum atomic E-state index is 14.2. The number of hydrogen-bond acceptors (Lipinski definition) is 0. The molecule has 0 aliphatic heterocycles. The smallest absolute Gasteiger partial charge is 0.453 e. The second-order valence-corrected chi connectivity index (χ2v) is 34.7. The summed E-state index contributed by atoms with van der Waals surface area (Å²) >= 11 is 18.8. The van der Waals surface area contributed by atoms with Crippen molar-refractivity contribution in [1.82, 2.24) is 0 Å². The molecule has 6 aliphatic carbocycles. The molecule has 4 aromatic rings. The van der Waals surface area contributed by atoms with Crippen molar-refractivity contribution in [3.05, 3.63) is 117 Å². The van der Waals surface area contributed by atoms with Crippen LogP contribution in [0.25, 0.3) is 0 Å². The molecule has 0 spiro atoms. The zero-order valence-electron chi connectivity index (χ0n) is 55.3. The summed E-state index contributed by atoms with van der Waals surface area (Å²) in [6, 6.07) is -8.81. The summed E-state index contributed by atoms with van der Waals surface area (Å²) < 4.78 is 341. The van der Waals surface area contributed by atoms with Crippen LogP contribution in [0.15, 0.2) is 72.8 Å².